The van der Waals surface area contributed by atoms with Crippen LogP contribution in [-0.2, 0) is 0 Å². The fourth-order valence-electron chi connectivity index (χ4n) is 2.70. The van der Waals surface area contributed by atoms with Crippen LogP contribution < -0.4 is 10.1 Å². The molecule has 1 aliphatic heterocycles. The monoisotopic (exact) mass is 284 g/mol. The molecule has 0 spiro atoms. The van der Waals surface area contributed by atoms with E-state index in [2.05, 4.69) is 17.1 Å². The van der Waals surface area contributed by atoms with Gasteiger partial charge >= 0.3 is 0 Å². The average Bonchev–Trinajstić information content (AvgIpc) is 2.45. The van der Waals surface area contributed by atoms with Gasteiger partial charge in [0.2, 0.25) is 0 Å². The van der Waals surface area contributed by atoms with Crippen molar-refractivity contribution in [3.8, 4) is 11.5 Å². The number of benzene rings is 1. The normalized spacial score (nSPS) is 18.3. The summed E-state index contributed by atoms with van der Waals surface area (Å²) in [6.45, 7) is 5.99. The fraction of sp³-hybridized carbons (Fsp3) is 0.571. The van der Waals surface area contributed by atoms with Crippen LogP contribution in [0.2, 0.25) is 5.02 Å². The maximum absolute atomic E-state index is 10.3. The minimum Gasteiger partial charge on any atom is -0.506 e. The summed E-state index contributed by atoms with van der Waals surface area (Å²) >= 11 is 6.05. The van der Waals surface area contributed by atoms with Crippen molar-refractivity contribution in [3.05, 3.63) is 22.7 Å². The quantitative estimate of drug-likeness (QED) is 0.891. The van der Waals surface area contributed by atoms with E-state index < -0.39 is 0 Å². The Kier molecular flexibility index (Phi) is 4.91. The van der Waals surface area contributed by atoms with Crippen LogP contribution in [-0.4, -0.2) is 43.3 Å². The number of halogens is 1. The lowest BCUT2D eigenvalue weighted by Gasteiger charge is -2.35. The number of phenols is 1. The highest BCUT2D eigenvalue weighted by molar-refractivity contribution is 6.32. The predicted octanol–water partition coefficient (Wildman–Crippen LogP) is 2.41. The first-order chi connectivity index (χ1) is 9.19. The summed E-state index contributed by atoms with van der Waals surface area (Å²) in [5.41, 5.74) is 0.805. The van der Waals surface area contributed by atoms with E-state index in [0.717, 1.165) is 38.2 Å². The van der Waals surface area contributed by atoms with Crippen molar-refractivity contribution in [1.82, 2.24) is 10.2 Å². The first-order valence-corrected chi connectivity index (χ1v) is 7.07. The van der Waals surface area contributed by atoms with Crippen molar-refractivity contribution in [3.63, 3.8) is 0 Å². The minimum atomic E-state index is 0.135. The van der Waals surface area contributed by atoms with Crippen LogP contribution in [0.25, 0.3) is 0 Å². The number of ether oxygens (including phenoxy) is 1. The molecule has 2 rings (SSSR count). The van der Waals surface area contributed by atoms with E-state index in [9.17, 15) is 5.11 Å². The van der Waals surface area contributed by atoms with Gasteiger partial charge in [-0.3, -0.25) is 4.90 Å². The maximum Gasteiger partial charge on any atom is 0.142 e. The lowest BCUT2D eigenvalue weighted by atomic mass is 9.99. The molecule has 0 aromatic heterocycles. The number of rotatable bonds is 4. The molecule has 0 amide bonds. The molecule has 0 aliphatic carbocycles. The van der Waals surface area contributed by atoms with Gasteiger partial charge in [0.05, 0.1) is 17.7 Å². The molecule has 0 radical (unpaired) electrons. The zero-order valence-corrected chi connectivity index (χ0v) is 12.2. The lowest BCUT2D eigenvalue weighted by Crippen LogP contribution is -2.45. The highest BCUT2D eigenvalue weighted by Gasteiger charge is 2.27. The molecule has 0 saturated carbocycles. The molecule has 5 heteroatoms. The van der Waals surface area contributed by atoms with E-state index in [0.29, 0.717) is 10.8 Å². The van der Waals surface area contributed by atoms with E-state index in [1.165, 1.54) is 0 Å². The third kappa shape index (κ3) is 2.96. The molecule has 0 unspecified atom stereocenters. The average molecular weight is 285 g/mol. The Labute approximate surface area is 119 Å². The van der Waals surface area contributed by atoms with Gasteiger partial charge in [0, 0.05) is 32.2 Å². The standard InChI is InChI=1S/C14H21ClN2O2/c1-3-11(17-8-6-16-7-9-17)13-12(19-2)5-4-10(15)14(13)18/h4-5,11,16,18H,3,6-9H2,1-2H3/t11-/m1/s1. The van der Waals surface area contributed by atoms with Gasteiger partial charge in [-0.05, 0) is 18.6 Å². The fourth-order valence-corrected chi connectivity index (χ4v) is 2.87. The summed E-state index contributed by atoms with van der Waals surface area (Å²) < 4.78 is 5.39. The summed E-state index contributed by atoms with van der Waals surface area (Å²) in [6.07, 6.45) is 0.907. The van der Waals surface area contributed by atoms with Crippen LogP contribution in [0.4, 0.5) is 0 Å². The van der Waals surface area contributed by atoms with Crippen LogP contribution in [0.1, 0.15) is 24.9 Å². The molecule has 4 nitrogen and oxygen atoms in total. The largest absolute Gasteiger partial charge is 0.506 e. The van der Waals surface area contributed by atoms with E-state index in [1.54, 1.807) is 13.2 Å². The first kappa shape index (κ1) is 14.4. The summed E-state index contributed by atoms with van der Waals surface area (Å²) in [6, 6.07) is 3.63. The summed E-state index contributed by atoms with van der Waals surface area (Å²) in [5.74, 6) is 0.846. The van der Waals surface area contributed by atoms with E-state index in [4.69, 9.17) is 16.3 Å². The lowest BCUT2D eigenvalue weighted by molar-refractivity contribution is 0.164. The maximum atomic E-state index is 10.3. The highest BCUT2D eigenvalue weighted by atomic mass is 35.5. The number of piperazine rings is 1. The van der Waals surface area contributed by atoms with Crippen LogP contribution in [0, 0.1) is 0 Å². The second-order valence-electron chi connectivity index (χ2n) is 4.72. The minimum absolute atomic E-state index is 0.135. The van der Waals surface area contributed by atoms with Crippen molar-refractivity contribution >= 4 is 11.6 Å². The smallest absolute Gasteiger partial charge is 0.142 e. The number of nitrogens with zero attached hydrogens (tertiary/aromatic N) is 1. The molecule has 1 atom stereocenters. The summed E-state index contributed by atoms with van der Waals surface area (Å²) in [5, 5.41) is 14.0. The number of hydrogen-bond donors (Lipinski definition) is 2. The molecule has 1 saturated heterocycles. The van der Waals surface area contributed by atoms with E-state index in [1.807, 2.05) is 6.07 Å². The van der Waals surface area contributed by atoms with Gasteiger partial charge in [0.25, 0.3) is 0 Å². The van der Waals surface area contributed by atoms with Crippen LogP contribution in [0.3, 0.4) is 0 Å². The molecule has 1 heterocycles. The third-order valence-corrected chi connectivity index (χ3v) is 3.97. The van der Waals surface area contributed by atoms with Crippen LogP contribution in [0.15, 0.2) is 12.1 Å². The topological polar surface area (TPSA) is 44.7 Å². The molecule has 2 N–H and O–H groups in total. The Bertz CT molecular complexity index is 434. The molecular formula is C14H21ClN2O2. The molecule has 106 valence electrons. The van der Waals surface area contributed by atoms with Gasteiger partial charge in [-0.2, -0.15) is 0 Å². The second-order valence-corrected chi connectivity index (χ2v) is 5.13. The predicted molar refractivity (Wildman–Crippen MR) is 77.1 cm³/mol. The van der Waals surface area contributed by atoms with Crippen molar-refractivity contribution < 1.29 is 9.84 Å². The van der Waals surface area contributed by atoms with Gasteiger partial charge in [0.15, 0.2) is 0 Å². The highest BCUT2D eigenvalue weighted by Crippen LogP contribution is 2.42. The Hall–Kier alpha value is -0.970. The van der Waals surface area contributed by atoms with Gasteiger partial charge in [-0.25, -0.2) is 0 Å². The van der Waals surface area contributed by atoms with Gasteiger partial charge in [0.1, 0.15) is 11.5 Å². The van der Waals surface area contributed by atoms with E-state index in [-0.39, 0.29) is 11.8 Å². The summed E-state index contributed by atoms with van der Waals surface area (Å²) in [4.78, 5) is 2.37. The van der Waals surface area contributed by atoms with Crippen molar-refractivity contribution in [2.24, 2.45) is 0 Å². The number of methoxy groups -OCH3 is 1. The Morgan fingerprint density at radius 2 is 2.11 bits per heavy atom. The first-order valence-electron chi connectivity index (χ1n) is 6.69. The molecule has 1 aromatic carbocycles. The molecule has 0 bridgehead atoms. The molecule has 19 heavy (non-hydrogen) atoms. The number of hydrogen-bond acceptors (Lipinski definition) is 4. The molecule has 1 aromatic rings. The van der Waals surface area contributed by atoms with Crippen molar-refractivity contribution in [1.29, 1.82) is 0 Å². The van der Waals surface area contributed by atoms with Gasteiger partial charge in [-0.1, -0.05) is 18.5 Å². The Morgan fingerprint density at radius 3 is 2.68 bits per heavy atom. The zero-order valence-electron chi connectivity index (χ0n) is 11.4. The molecule has 1 aliphatic rings. The van der Waals surface area contributed by atoms with Crippen LogP contribution in [0.5, 0.6) is 11.5 Å². The molecule has 1 fully saturated rings. The second kappa shape index (κ2) is 6.46. The third-order valence-electron chi connectivity index (χ3n) is 3.66. The van der Waals surface area contributed by atoms with Crippen LogP contribution >= 0.6 is 11.6 Å². The van der Waals surface area contributed by atoms with E-state index >= 15 is 0 Å². The van der Waals surface area contributed by atoms with Crippen molar-refractivity contribution in [2.75, 3.05) is 33.3 Å². The SMILES string of the molecule is CC[C@H](c1c(OC)ccc(Cl)c1O)N1CCNCC1. The summed E-state index contributed by atoms with van der Waals surface area (Å²) in [7, 11) is 1.62. The number of nitrogens with one attached hydrogen (secondary N) is 1. The van der Waals surface area contributed by atoms with Gasteiger partial charge in [-0.15, -0.1) is 0 Å². The molecular weight excluding hydrogens is 264 g/mol. The number of phenolic OH excluding ortho intramolecular Hbond substituents is 1. The van der Waals surface area contributed by atoms with Gasteiger partial charge < -0.3 is 15.2 Å². The number of aromatic hydroxyl groups is 1. The Morgan fingerprint density at radius 1 is 1.42 bits per heavy atom. The zero-order chi connectivity index (χ0) is 13.8. The Balaban J connectivity index is 2.38. The van der Waals surface area contributed by atoms with Crippen molar-refractivity contribution in [2.45, 2.75) is 19.4 Å².